The minimum Gasteiger partial charge on any atom is -0.370 e. The molecule has 0 aliphatic heterocycles. The first-order valence-corrected chi connectivity index (χ1v) is 7.35. The van der Waals surface area contributed by atoms with E-state index in [-0.39, 0.29) is 5.95 Å². The smallest absolute Gasteiger partial charge is 0.223 e. The Balaban J connectivity index is 2.32. The molecule has 0 radical (unpaired) electrons. The monoisotopic (exact) mass is 375 g/mol. The molecule has 0 aliphatic rings. The molecule has 0 saturated heterocycles. The molecule has 0 saturated carbocycles. The van der Waals surface area contributed by atoms with E-state index in [0.29, 0.717) is 27.4 Å². The summed E-state index contributed by atoms with van der Waals surface area (Å²) in [4.78, 5) is 8.17. The molecule has 0 aliphatic carbocycles. The predicted octanol–water partition coefficient (Wildman–Crippen LogP) is 4.30. The average Bonchev–Trinajstić information content (AvgIpc) is 2.39. The normalized spacial score (nSPS) is 10.4. The number of nitrogens with one attached hydrogen (secondary N) is 2. The van der Waals surface area contributed by atoms with Crippen LogP contribution in [0.1, 0.15) is 6.92 Å². The molecular weight excluding hydrogens is 365 g/mol. The summed E-state index contributed by atoms with van der Waals surface area (Å²) >= 11 is 15.6. The van der Waals surface area contributed by atoms with Crippen LogP contribution in [0.4, 0.5) is 23.3 Å². The molecule has 2 aromatic rings. The van der Waals surface area contributed by atoms with E-state index in [1.54, 1.807) is 18.2 Å². The van der Waals surface area contributed by atoms with Gasteiger partial charge in [0.1, 0.15) is 11.6 Å². The predicted molar refractivity (Wildman–Crippen MR) is 88.1 cm³/mol. The molecule has 2 rings (SSSR count). The van der Waals surface area contributed by atoms with E-state index < -0.39 is 0 Å². The van der Waals surface area contributed by atoms with Crippen molar-refractivity contribution in [1.29, 1.82) is 0 Å². The summed E-state index contributed by atoms with van der Waals surface area (Å²) in [6.45, 7) is 2.71. The largest absolute Gasteiger partial charge is 0.370 e. The third-order valence-corrected chi connectivity index (χ3v) is 4.17. The second kappa shape index (κ2) is 6.47. The SMILES string of the molecule is CCNc1cc(Nc2ccc(Br)c(Cl)c2Cl)nc(N)n1. The summed E-state index contributed by atoms with van der Waals surface area (Å²) in [5.41, 5.74) is 6.31. The van der Waals surface area contributed by atoms with Crippen molar-refractivity contribution in [3.8, 4) is 0 Å². The Bertz CT molecular complexity index is 635. The number of nitrogens with zero attached hydrogens (tertiary/aromatic N) is 2. The Morgan fingerprint density at radius 2 is 1.90 bits per heavy atom. The highest BCUT2D eigenvalue weighted by Gasteiger charge is 2.10. The number of rotatable bonds is 4. The zero-order valence-corrected chi connectivity index (χ0v) is 13.6. The van der Waals surface area contributed by atoms with Gasteiger partial charge in [0.2, 0.25) is 5.95 Å². The first-order chi connectivity index (χ1) is 9.51. The minimum atomic E-state index is 0.172. The van der Waals surface area contributed by atoms with Crippen molar-refractivity contribution in [2.75, 3.05) is 22.9 Å². The van der Waals surface area contributed by atoms with Crippen LogP contribution in [0.3, 0.4) is 0 Å². The topological polar surface area (TPSA) is 75.9 Å². The van der Waals surface area contributed by atoms with Crippen molar-refractivity contribution in [2.45, 2.75) is 6.92 Å². The van der Waals surface area contributed by atoms with Gasteiger partial charge in [0.15, 0.2) is 0 Å². The third kappa shape index (κ3) is 3.45. The fraction of sp³-hybridized carbons (Fsp3) is 0.167. The van der Waals surface area contributed by atoms with Gasteiger partial charge in [0.05, 0.1) is 15.7 Å². The molecule has 1 aromatic heterocycles. The van der Waals surface area contributed by atoms with Crippen molar-refractivity contribution in [3.05, 3.63) is 32.7 Å². The van der Waals surface area contributed by atoms with Crippen LogP contribution in [0.15, 0.2) is 22.7 Å². The molecule has 5 nitrogen and oxygen atoms in total. The van der Waals surface area contributed by atoms with Crippen LogP contribution in [0.2, 0.25) is 10.0 Å². The van der Waals surface area contributed by atoms with Crippen LogP contribution in [-0.4, -0.2) is 16.5 Å². The van der Waals surface area contributed by atoms with Crippen LogP contribution in [0.5, 0.6) is 0 Å². The maximum atomic E-state index is 6.17. The molecule has 0 atom stereocenters. The maximum absolute atomic E-state index is 6.17. The van der Waals surface area contributed by atoms with Gasteiger partial charge in [0, 0.05) is 17.1 Å². The Kier molecular flexibility index (Phi) is 4.91. The van der Waals surface area contributed by atoms with Crippen LogP contribution in [0, 0.1) is 0 Å². The summed E-state index contributed by atoms with van der Waals surface area (Å²) in [6.07, 6.45) is 0. The molecule has 0 fully saturated rings. The lowest BCUT2D eigenvalue weighted by Crippen LogP contribution is -2.05. The lowest BCUT2D eigenvalue weighted by atomic mass is 10.3. The molecule has 20 heavy (non-hydrogen) atoms. The highest BCUT2D eigenvalue weighted by Crippen LogP contribution is 2.37. The zero-order chi connectivity index (χ0) is 14.7. The first-order valence-electron chi connectivity index (χ1n) is 5.80. The highest BCUT2D eigenvalue weighted by atomic mass is 79.9. The molecule has 106 valence electrons. The second-order valence-corrected chi connectivity index (χ2v) is 5.49. The van der Waals surface area contributed by atoms with Gasteiger partial charge in [-0.1, -0.05) is 23.2 Å². The van der Waals surface area contributed by atoms with E-state index in [2.05, 4.69) is 36.5 Å². The maximum Gasteiger partial charge on any atom is 0.223 e. The number of aromatic nitrogens is 2. The minimum absolute atomic E-state index is 0.172. The second-order valence-electron chi connectivity index (χ2n) is 3.87. The van der Waals surface area contributed by atoms with Gasteiger partial charge in [-0.05, 0) is 35.0 Å². The molecule has 1 aromatic carbocycles. The number of nitrogens with two attached hydrogens (primary N) is 1. The van der Waals surface area contributed by atoms with E-state index in [1.165, 1.54) is 0 Å². The number of halogens is 3. The lowest BCUT2D eigenvalue weighted by molar-refractivity contribution is 1.12. The number of hydrogen-bond acceptors (Lipinski definition) is 5. The standard InChI is InChI=1S/C12H12BrCl2N5/c1-2-17-8-5-9(20-12(16)19-8)18-7-4-3-6(13)10(14)11(7)15/h3-5H,2H2,1H3,(H4,16,17,18,19,20). The van der Waals surface area contributed by atoms with Crippen molar-refractivity contribution >= 4 is 62.4 Å². The number of nitrogen functional groups attached to an aromatic ring is 1. The van der Waals surface area contributed by atoms with E-state index in [9.17, 15) is 0 Å². The fourth-order valence-electron chi connectivity index (χ4n) is 1.56. The van der Waals surface area contributed by atoms with Gasteiger partial charge in [-0.2, -0.15) is 9.97 Å². The van der Waals surface area contributed by atoms with Gasteiger partial charge in [-0.25, -0.2) is 0 Å². The van der Waals surface area contributed by atoms with E-state index in [1.807, 2.05) is 6.92 Å². The summed E-state index contributed by atoms with van der Waals surface area (Å²) in [5, 5.41) is 6.99. The molecular formula is C12H12BrCl2N5. The van der Waals surface area contributed by atoms with Gasteiger partial charge >= 0.3 is 0 Å². The van der Waals surface area contributed by atoms with Crippen molar-refractivity contribution < 1.29 is 0 Å². The van der Waals surface area contributed by atoms with Crippen LogP contribution in [-0.2, 0) is 0 Å². The van der Waals surface area contributed by atoms with Crippen LogP contribution >= 0.6 is 39.1 Å². The molecule has 8 heteroatoms. The number of benzene rings is 1. The van der Waals surface area contributed by atoms with Gasteiger partial charge in [0.25, 0.3) is 0 Å². The Morgan fingerprint density at radius 1 is 1.20 bits per heavy atom. The Hall–Kier alpha value is -1.24. The summed E-state index contributed by atoms with van der Waals surface area (Å²) in [5.74, 6) is 1.35. The quantitative estimate of drug-likeness (QED) is 0.693. The number of hydrogen-bond donors (Lipinski definition) is 3. The summed E-state index contributed by atoms with van der Waals surface area (Å²) in [7, 11) is 0. The van der Waals surface area contributed by atoms with Gasteiger partial charge < -0.3 is 16.4 Å². The van der Waals surface area contributed by atoms with Crippen LogP contribution < -0.4 is 16.4 Å². The van der Waals surface area contributed by atoms with Gasteiger partial charge in [-0.3, -0.25) is 0 Å². The van der Waals surface area contributed by atoms with Crippen molar-refractivity contribution in [1.82, 2.24) is 9.97 Å². The highest BCUT2D eigenvalue weighted by molar-refractivity contribution is 9.10. The van der Waals surface area contributed by atoms with E-state index in [0.717, 1.165) is 11.0 Å². The molecule has 0 unspecified atom stereocenters. The van der Waals surface area contributed by atoms with Crippen molar-refractivity contribution in [3.63, 3.8) is 0 Å². The molecule has 0 spiro atoms. The first kappa shape index (κ1) is 15.2. The lowest BCUT2D eigenvalue weighted by Gasteiger charge is -2.11. The van der Waals surface area contributed by atoms with Crippen LogP contribution in [0.25, 0.3) is 0 Å². The van der Waals surface area contributed by atoms with E-state index >= 15 is 0 Å². The molecule has 4 N–H and O–H groups in total. The summed E-state index contributed by atoms with van der Waals surface area (Å²) < 4.78 is 0.727. The van der Waals surface area contributed by atoms with Gasteiger partial charge in [-0.15, -0.1) is 0 Å². The zero-order valence-electron chi connectivity index (χ0n) is 10.5. The van der Waals surface area contributed by atoms with E-state index in [4.69, 9.17) is 28.9 Å². The Morgan fingerprint density at radius 3 is 2.60 bits per heavy atom. The Labute approximate surface area is 135 Å². The average molecular weight is 377 g/mol. The molecule has 0 amide bonds. The molecule has 0 bridgehead atoms. The number of anilines is 4. The van der Waals surface area contributed by atoms with Crippen molar-refractivity contribution in [2.24, 2.45) is 0 Å². The molecule has 1 heterocycles. The fourth-order valence-corrected chi connectivity index (χ4v) is 2.38. The summed E-state index contributed by atoms with van der Waals surface area (Å²) in [6, 6.07) is 5.34. The third-order valence-electron chi connectivity index (χ3n) is 2.40.